The maximum Gasteiger partial charge on any atom is 0.278 e. The summed E-state index contributed by atoms with van der Waals surface area (Å²) in [6.45, 7) is 6.02. The highest BCUT2D eigenvalue weighted by molar-refractivity contribution is 5.93. The summed E-state index contributed by atoms with van der Waals surface area (Å²) in [5, 5.41) is 10.4. The molecule has 3 rings (SSSR count). The van der Waals surface area contributed by atoms with E-state index in [2.05, 4.69) is 25.2 Å². The van der Waals surface area contributed by atoms with Crippen LogP contribution in [0.15, 0.2) is 4.63 Å². The van der Waals surface area contributed by atoms with Gasteiger partial charge in [0.1, 0.15) is 5.69 Å². The summed E-state index contributed by atoms with van der Waals surface area (Å²) in [6, 6.07) is 0.417. The maximum absolute atomic E-state index is 12.5. The van der Waals surface area contributed by atoms with Crippen LogP contribution in [-0.2, 0) is 9.53 Å². The minimum Gasteiger partial charge on any atom is -0.383 e. The van der Waals surface area contributed by atoms with E-state index in [1.165, 1.54) is 0 Å². The third kappa shape index (κ3) is 4.84. The van der Waals surface area contributed by atoms with Crippen molar-refractivity contribution in [2.24, 2.45) is 5.92 Å². The van der Waals surface area contributed by atoms with Crippen LogP contribution in [0.5, 0.6) is 0 Å². The molecule has 0 saturated carbocycles. The second-order valence-electron chi connectivity index (χ2n) is 7.34. The van der Waals surface area contributed by atoms with Crippen molar-refractivity contribution in [3.63, 3.8) is 0 Å². The SMILES string of the molecule is COCCNC(=O)[C@H]1CCCN(C2CCN(C(=O)c3nonc3C)CC2)C1. The van der Waals surface area contributed by atoms with Crippen LogP contribution in [0, 0.1) is 12.8 Å². The number of carbonyl (C=O) groups is 2. The summed E-state index contributed by atoms with van der Waals surface area (Å²) in [5.74, 6) is 0.0544. The van der Waals surface area contributed by atoms with Crippen molar-refractivity contribution in [3.05, 3.63) is 11.4 Å². The van der Waals surface area contributed by atoms with Crippen LogP contribution in [0.25, 0.3) is 0 Å². The standard InChI is InChI=1S/C18H29N5O4/c1-13-16(21-27-20-13)18(25)22-9-5-15(6-10-22)23-8-3-4-14(12-23)17(24)19-7-11-26-2/h14-15H,3-12H2,1-2H3,(H,19,24)/t14-/m0/s1. The average Bonchev–Trinajstić information content (AvgIpc) is 3.13. The largest absolute Gasteiger partial charge is 0.383 e. The lowest BCUT2D eigenvalue weighted by Crippen LogP contribution is -2.51. The highest BCUT2D eigenvalue weighted by atomic mass is 16.6. The van der Waals surface area contributed by atoms with Gasteiger partial charge in [0.15, 0.2) is 5.69 Å². The van der Waals surface area contributed by atoms with Crippen LogP contribution in [0.2, 0.25) is 0 Å². The number of hydrogen-bond acceptors (Lipinski definition) is 7. The zero-order valence-corrected chi connectivity index (χ0v) is 16.1. The Kier molecular flexibility index (Phi) is 6.78. The number of methoxy groups -OCH3 is 1. The van der Waals surface area contributed by atoms with Crippen molar-refractivity contribution < 1.29 is 19.0 Å². The molecule has 3 heterocycles. The first-order valence-corrected chi connectivity index (χ1v) is 9.69. The Labute approximate surface area is 159 Å². The summed E-state index contributed by atoms with van der Waals surface area (Å²) < 4.78 is 9.63. The third-order valence-corrected chi connectivity index (χ3v) is 5.55. The second-order valence-corrected chi connectivity index (χ2v) is 7.34. The molecule has 150 valence electrons. The summed E-state index contributed by atoms with van der Waals surface area (Å²) in [5.41, 5.74) is 0.833. The number of ether oxygens (including phenoxy) is 1. The third-order valence-electron chi connectivity index (χ3n) is 5.55. The van der Waals surface area contributed by atoms with Crippen LogP contribution in [-0.4, -0.2) is 84.4 Å². The van der Waals surface area contributed by atoms with Crippen molar-refractivity contribution in [1.29, 1.82) is 0 Å². The number of aromatic nitrogens is 2. The van der Waals surface area contributed by atoms with E-state index in [4.69, 9.17) is 4.74 Å². The van der Waals surface area contributed by atoms with Gasteiger partial charge in [-0.2, -0.15) is 0 Å². The van der Waals surface area contributed by atoms with Crippen LogP contribution < -0.4 is 5.32 Å². The quantitative estimate of drug-likeness (QED) is 0.717. The molecule has 1 atom stereocenters. The van der Waals surface area contributed by atoms with Gasteiger partial charge in [-0.05, 0) is 44.3 Å². The first kappa shape index (κ1) is 19.8. The Bertz CT molecular complexity index is 641. The number of nitrogens with one attached hydrogen (secondary N) is 1. The monoisotopic (exact) mass is 379 g/mol. The molecule has 0 spiro atoms. The number of carbonyl (C=O) groups excluding carboxylic acids is 2. The van der Waals surface area contributed by atoms with E-state index in [1.807, 2.05) is 4.90 Å². The molecule has 1 aromatic rings. The summed E-state index contributed by atoms with van der Waals surface area (Å²) in [7, 11) is 1.63. The minimum atomic E-state index is -0.110. The topological polar surface area (TPSA) is 101 Å². The van der Waals surface area contributed by atoms with E-state index in [0.717, 1.165) is 38.8 Å². The minimum absolute atomic E-state index is 0.0409. The number of hydrogen-bond donors (Lipinski definition) is 1. The molecule has 0 aliphatic carbocycles. The number of rotatable bonds is 6. The molecule has 2 fully saturated rings. The Morgan fingerprint density at radius 2 is 2.00 bits per heavy atom. The normalized spacial score (nSPS) is 22.0. The van der Waals surface area contributed by atoms with Crippen molar-refractivity contribution in [3.8, 4) is 0 Å². The average molecular weight is 379 g/mol. The summed E-state index contributed by atoms with van der Waals surface area (Å²) >= 11 is 0. The molecule has 0 radical (unpaired) electrons. The molecule has 1 N–H and O–H groups in total. The zero-order valence-electron chi connectivity index (χ0n) is 16.1. The summed E-state index contributed by atoms with van der Waals surface area (Å²) in [4.78, 5) is 29.1. The van der Waals surface area contributed by atoms with Crippen LogP contribution >= 0.6 is 0 Å². The number of amides is 2. The van der Waals surface area contributed by atoms with E-state index >= 15 is 0 Å². The predicted molar refractivity (Wildman–Crippen MR) is 97.1 cm³/mol. The number of aryl methyl sites for hydroxylation is 1. The first-order chi connectivity index (χ1) is 13.1. The van der Waals surface area contributed by atoms with E-state index in [0.29, 0.717) is 43.7 Å². The van der Waals surface area contributed by atoms with Crippen molar-refractivity contribution in [1.82, 2.24) is 25.4 Å². The van der Waals surface area contributed by atoms with Gasteiger partial charge in [0, 0.05) is 39.3 Å². The molecule has 9 nitrogen and oxygen atoms in total. The van der Waals surface area contributed by atoms with E-state index < -0.39 is 0 Å². The molecule has 0 aromatic carbocycles. The number of piperidine rings is 2. The van der Waals surface area contributed by atoms with Gasteiger partial charge >= 0.3 is 0 Å². The molecule has 2 amide bonds. The lowest BCUT2D eigenvalue weighted by Gasteiger charge is -2.41. The number of likely N-dealkylation sites (tertiary alicyclic amines) is 2. The van der Waals surface area contributed by atoms with E-state index in [1.54, 1.807) is 14.0 Å². The van der Waals surface area contributed by atoms with E-state index in [-0.39, 0.29) is 17.7 Å². The molecule has 0 bridgehead atoms. The first-order valence-electron chi connectivity index (χ1n) is 9.69. The fourth-order valence-electron chi connectivity index (χ4n) is 3.98. The van der Waals surface area contributed by atoms with Gasteiger partial charge in [-0.1, -0.05) is 5.16 Å². The van der Waals surface area contributed by atoms with Gasteiger partial charge < -0.3 is 15.0 Å². The highest BCUT2D eigenvalue weighted by Gasteiger charge is 2.33. The molecular formula is C18H29N5O4. The van der Waals surface area contributed by atoms with Crippen molar-refractivity contribution >= 4 is 11.8 Å². The van der Waals surface area contributed by atoms with Crippen LogP contribution in [0.4, 0.5) is 0 Å². The molecule has 27 heavy (non-hydrogen) atoms. The predicted octanol–water partition coefficient (Wildman–Crippen LogP) is 0.457. The van der Waals surface area contributed by atoms with Crippen LogP contribution in [0.3, 0.4) is 0 Å². The van der Waals surface area contributed by atoms with Crippen molar-refractivity contribution in [2.45, 2.75) is 38.6 Å². The zero-order chi connectivity index (χ0) is 19.2. The Balaban J connectivity index is 1.48. The van der Waals surface area contributed by atoms with E-state index in [9.17, 15) is 9.59 Å². The van der Waals surface area contributed by atoms with Crippen molar-refractivity contribution in [2.75, 3.05) is 46.4 Å². The fourth-order valence-corrected chi connectivity index (χ4v) is 3.98. The van der Waals surface area contributed by atoms with Gasteiger partial charge in [0.25, 0.3) is 5.91 Å². The lowest BCUT2D eigenvalue weighted by molar-refractivity contribution is -0.127. The molecule has 9 heteroatoms. The lowest BCUT2D eigenvalue weighted by atomic mass is 9.93. The summed E-state index contributed by atoms with van der Waals surface area (Å²) in [6.07, 6.45) is 3.79. The molecular weight excluding hydrogens is 350 g/mol. The molecule has 2 saturated heterocycles. The Morgan fingerprint density at radius 3 is 2.67 bits per heavy atom. The molecule has 2 aliphatic rings. The van der Waals surface area contributed by atoms with Gasteiger partial charge in [-0.15, -0.1) is 0 Å². The van der Waals surface area contributed by atoms with Crippen LogP contribution in [0.1, 0.15) is 41.9 Å². The Hall–Kier alpha value is -2.00. The van der Waals surface area contributed by atoms with Gasteiger partial charge in [0.2, 0.25) is 5.91 Å². The highest BCUT2D eigenvalue weighted by Crippen LogP contribution is 2.24. The van der Waals surface area contributed by atoms with Gasteiger partial charge in [-0.3, -0.25) is 14.5 Å². The molecule has 1 aromatic heterocycles. The van der Waals surface area contributed by atoms with Gasteiger partial charge in [0.05, 0.1) is 12.5 Å². The maximum atomic E-state index is 12.5. The second kappa shape index (κ2) is 9.27. The smallest absolute Gasteiger partial charge is 0.278 e. The Morgan fingerprint density at radius 1 is 1.22 bits per heavy atom. The molecule has 2 aliphatic heterocycles. The number of nitrogens with zero attached hydrogens (tertiary/aromatic N) is 4. The molecule has 0 unspecified atom stereocenters. The van der Waals surface area contributed by atoms with Gasteiger partial charge in [-0.25, -0.2) is 4.63 Å². The fraction of sp³-hybridized carbons (Fsp3) is 0.778.